The summed E-state index contributed by atoms with van der Waals surface area (Å²) >= 11 is 0. The summed E-state index contributed by atoms with van der Waals surface area (Å²) in [5.41, 5.74) is 1.11. The molecule has 4 nitrogen and oxygen atoms in total. The lowest BCUT2D eigenvalue weighted by molar-refractivity contribution is -0.0399. The number of hydrogen-bond acceptors (Lipinski definition) is 4. The van der Waals surface area contributed by atoms with Crippen LogP contribution in [0.15, 0.2) is 29.2 Å². The Balaban J connectivity index is 1.74. The van der Waals surface area contributed by atoms with Crippen molar-refractivity contribution in [2.24, 2.45) is 0 Å². The van der Waals surface area contributed by atoms with Gasteiger partial charge in [0.05, 0.1) is 10.1 Å². The summed E-state index contributed by atoms with van der Waals surface area (Å²) in [6.07, 6.45) is 2.55. The Hall–Kier alpha value is -0.910. The van der Waals surface area contributed by atoms with E-state index in [1.54, 1.807) is 19.9 Å². The van der Waals surface area contributed by atoms with Crippen LogP contribution in [0.2, 0.25) is 0 Å². The zero-order chi connectivity index (χ0) is 17.5. The van der Waals surface area contributed by atoms with E-state index in [1.807, 2.05) is 12.1 Å². The fourth-order valence-corrected chi connectivity index (χ4v) is 5.23. The van der Waals surface area contributed by atoms with Crippen molar-refractivity contribution in [1.82, 2.24) is 9.80 Å². The lowest BCUT2D eigenvalue weighted by Crippen LogP contribution is -2.63. The van der Waals surface area contributed by atoms with Crippen LogP contribution in [0.3, 0.4) is 0 Å². The molecule has 1 aromatic rings. The number of piperidine rings is 2. The molecular formula is C19H30N2O2S. The molecule has 5 heteroatoms. The first-order chi connectivity index (χ1) is 11.3. The predicted molar refractivity (Wildman–Crippen MR) is 97.8 cm³/mol. The third-order valence-corrected chi connectivity index (χ3v) is 7.73. The fourth-order valence-electron chi connectivity index (χ4n) is 4.10. The lowest BCUT2D eigenvalue weighted by Gasteiger charge is -2.53. The van der Waals surface area contributed by atoms with Crippen molar-refractivity contribution in [1.29, 1.82) is 0 Å². The van der Waals surface area contributed by atoms with Crippen LogP contribution in [0.25, 0.3) is 0 Å². The van der Waals surface area contributed by atoms with Gasteiger partial charge in [-0.05, 0) is 58.2 Å². The first-order valence-corrected chi connectivity index (χ1v) is 10.7. The molecule has 0 aliphatic carbocycles. The minimum absolute atomic E-state index is 0.377. The van der Waals surface area contributed by atoms with Crippen LogP contribution in [-0.4, -0.2) is 54.7 Å². The van der Waals surface area contributed by atoms with Gasteiger partial charge in [-0.25, -0.2) is 8.42 Å². The SMILES string of the molecule is CC(C)N1CC2CCC1CN2Cc1cccc(S(=O)(=O)C(C)C)c1. The van der Waals surface area contributed by atoms with Crippen molar-refractivity contribution in [3.8, 4) is 0 Å². The summed E-state index contributed by atoms with van der Waals surface area (Å²) in [7, 11) is -3.20. The van der Waals surface area contributed by atoms with Crippen molar-refractivity contribution in [2.75, 3.05) is 13.1 Å². The first kappa shape index (κ1) is 17.9. The summed E-state index contributed by atoms with van der Waals surface area (Å²) < 4.78 is 24.8. The Kier molecular flexibility index (Phi) is 5.05. The van der Waals surface area contributed by atoms with Crippen LogP contribution in [0.1, 0.15) is 46.1 Å². The molecule has 0 N–H and O–H groups in total. The van der Waals surface area contributed by atoms with Gasteiger partial charge in [0, 0.05) is 37.8 Å². The maximum Gasteiger partial charge on any atom is 0.180 e. The van der Waals surface area contributed by atoms with Crippen LogP contribution in [0, 0.1) is 0 Å². The van der Waals surface area contributed by atoms with Crippen molar-refractivity contribution < 1.29 is 8.42 Å². The molecule has 2 bridgehead atoms. The summed E-state index contributed by atoms with van der Waals surface area (Å²) in [4.78, 5) is 5.64. The fraction of sp³-hybridized carbons (Fsp3) is 0.684. The number of benzene rings is 1. The molecule has 4 rings (SSSR count). The van der Waals surface area contributed by atoms with Crippen LogP contribution in [0.4, 0.5) is 0 Å². The Morgan fingerprint density at radius 3 is 2.38 bits per heavy atom. The van der Waals surface area contributed by atoms with E-state index in [4.69, 9.17) is 0 Å². The lowest BCUT2D eigenvalue weighted by atomic mass is 9.89. The summed E-state index contributed by atoms with van der Waals surface area (Å²) in [5.74, 6) is 0. The maximum atomic E-state index is 12.4. The summed E-state index contributed by atoms with van der Waals surface area (Å²) in [6.45, 7) is 11.2. The summed E-state index contributed by atoms with van der Waals surface area (Å²) in [5, 5.41) is -0.377. The highest BCUT2D eigenvalue weighted by atomic mass is 32.2. The van der Waals surface area contributed by atoms with E-state index in [0.29, 0.717) is 23.0 Å². The van der Waals surface area contributed by atoms with E-state index in [9.17, 15) is 8.42 Å². The first-order valence-electron chi connectivity index (χ1n) is 9.11. The highest BCUT2D eigenvalue weighted by Crippen LogP contribution is 2.31. The van der Waals surface area contributed by atoms with Crippen molar-refractivity contribution in [3.05, 3.63) is 29.8 Å². The van der Waals surface area contributed by atoms with Crippen LogP contribution in [-0.2, 0) is 16.4 Å². The van der Waals surface area contributed by atoms with Crippen molar-refractivity contribution in [2.45, 2.75) is 75.4 Å². The molecule has 0 spiro atoms. The van der Waals surface area contributed by atoms with E-state index in [1.165, 1.54) is 12.8 Å². The number of rotatable bonds is 5. The molecule has 3 heterocycles. The Bertz CT molecular complexity index is 684. The quantitative estimate of drug-likeness (QED) is 0.819. The van der Waals surface area contributed by atoms with E-state index in [-0.39, 0.29) is 5.25 Å². The topological polar surface area (TPSA) is 40.6 Å². The van der Waals surface area contributed by atoms with Crippen molar-refractivity contribution >= 4 is 9.84 Å². The van der Waals surface area contributed by atoms with Gasteiger partial charge in [0.2, 0.25) is 0 Å². The number of sulfone groups is 1. The zero-order valence-electron chi connectivity index (χ0n) is 15.3. The highest BCUT2D eigenvalue weighted by Gasteiger charge is 2.39. The minimum Gasteiger partial charge on any atom is -0.295 e. The molecule has 134 valence electrons. The third-order valence-electron chi connectivity index (χ3n) is 5.58. The molecule has 24 heavy (non-hydrogen) atoms. The van der Waals surface area contributed by atoms with Crippen molar-refractivity contribution in [3.63, 3.8) is 0 Å². The highest BCUT2D eigenvalue weighted by molar-refractivity contribution is 7.92. The molecule has 0 saturated carbocycles. The Labute approximate surface area is 146 Å². The third kappa shape index (κ3) is 3.39. The smallest absolute Gasteiger partial charge is 0.180 e. The zero-order valence-corrected chi connectivity index (χ0v) is 16.1. The normalized spacial score (nSPS) is 25.8. The van der Waals surface area contributed by atoms with Gasteiger partial charge in [-0.2, -0.15) is 0 Å². The molecule has 0 aromatic heterocycles. The van der Waals surface area contributed by atoms with Crippen LogP contribution >= 0.6 is 0 Å². The Morgan fingerprint density at radius 1 is 1.08 bits per heavy atom. The molecule has 3 saturated heterocycles. The van der Waals surface area contributed by atoms with Crippen LogP contribution < -0.4 is 0 Å². The van der Waals surface area contributed by atoms with Gasteiger partial charge in [-0.15, -0.1) is 0 Å². The number of fused-ring (bicyclic) bond motifs is 3. The molecule has 2 atom stereocenters. The number of piperazine rings is 1. The molecule has 0 amide bonds. The maximum absolute atomic E-state index is 12.4. The molecule has 3 fully saturated rings. The molecule has 1 aromatic carbocycles. The predicted octanol–water partition coefficient (Wildman–Crippen LogP) is 2.93. The van der Waals surface area contributed by atoms with E-state index in [0.717, 1.165) is 25.2 Å². The molecule has 2 unspecified atom stereocenters. The van der Waals surface area contributed by atoms with E-state index >= 15 is 0 Å². The standard InChI is InChI=1S/C19H30N2O2S/c1-14(2)21-13-17-8-9-18(21)12-20(17)11-16-6-5-7-19(10-16)24(22,23)15(3)4/h5-7,10,14-15,17-18H,8-9,11-13H2,1-4H3. The molecular weight excluding hydrogens is 320 g/mol. The van der Waals surface area contributed by atoms with E-state index < -0.39 is 9.84 Å². The number of nitrogens with zero attached hydrogens (tertiary/aromatic N) is 2. The van der Waals surface area contributed by atoms with Gasteiger partial charge < -0.3 is 0 Å². The van der Waals surface area contributed by atoms with Gasteiger partial charge >= 0.3 is 0 Å². The second-order valence-corrected chi connectivity index (χ2v) is 10.4. The minimum atomic E-state index is -3.20. The summed E-state index contributed by atoms with van der Waals surface area (Å²) in [6, 6.07) is 9.40. The monoisotopic (exact) mass is 350 g/mol. The van der Waals surface area contributed by atoms with Gasteiger partial charge in [-0.3, -0.25) is 9.80 Å². The number of hydrogen-bond donors (Lipinski definition) is 0. The second-order valence-electron chi connectivity index (χ2n) is 7.85. The van der Waals surface area contributed by atoms with Gasteiger partial charge in [0.25, 0.3) is 0 Å². The van der Waals surface area contributed by atoms with Gasteiger partial charge in [-0.1, -0.05) is 12.1 Å². The van der Waals surface area contributed by atoms with Gasteiger partial charge in [0.15, 0.2) is 9.84 Å². The Morgan fingerprint density at radius 2 is 1.79 bits per heavy atom. The average molecular weight is 351 g/mol. The largest absolute Gasteiger partial charge is 0.295 e. The molecule has 3 aliphatic rings. The van der Waals surface area contributed by atoms with Gasteiger partial charge in [0.1, 0.15) is 0 Å². The van der Waals surface area contributed by atoms with E-state index in [2.05, 4.69) is 29.7 Å². The van der Waals surface area contributed by atoms with Crippen LogP contribution in [0.5, 0.6) is 0 Å². The second kappa shape index (κ2) is 6.77. The molecule has 0 radical (unpaired) electrons. The molecule has 3 aliphatic heterocycles. The average Bonchev–Trinajstić information content (AvgIpc) is 2.55.